The summed E-state index contributed by atoms with van der Waals surface area (Å²) in [6.45, 7) is 0.733. The van der Waals surface area contributed by atoms with E-state index in [1.165, 1.54) is 0 Å². The molecule has 12 heteroatoms. The number of aromatic nitrogens is 5. The third kappa shape index (κ3) is 4.31. The maximum Gasteiger partial charge on any atom is 0.262 e. The van der Waals surface area contributed by atoms with Crippen LogP contribution < -0.4 is 10.6 Å². The molecule has 2 aliphatic carbocycles. The van der Waals surface area contributed by atoms with Gasteiger partial charge in [-0.25, -0.2) is 0 Å². The number of carbonyl (C=O) groups is 4. The van der Waals surface area contributed by atoms with Crippen molar-refractivity contribution in [1.82, 2.24) is 34.8 Å². The van der Waals surface area contributed by atoms with Crippen molar-refractivity contribution in [3.8, 4) is 11.3 Å². The molecule has 218 valence electrons. The first-order valence-corrected chi connectivity index (χ1v) is 14.8. The van der Waals surface area contributed by atoms with E-state index in [2.05, 4.69) is 32.7 Å². The number of aryl methyl sites for hydroxylation is 1. The van der Waals surface area contributed by atoms with Gasteiger partial charge in [-0.1, -0.05) is 0 Å². The van der Waals surface area contributed by atoms with Crippen molar-refractivity contribution in [1.29, 1.82) is 0 Å². The summed E-state index contributed by atoms with van der Waals surface area (Å²) >= 11 is 0. The van der Waals surface area contributed by atoms with Crippen molar-refractivity contribution in [3.63, 3.8) is 0 Å². The number of carbonyl (C=O) groups excluding carboxylic acids is 4. The number of piperidine rings is 1. The number of benzene rings is 1. The topological polar surface area (TPSA) is 144 Å². The molecule has 5 heterocycles. The summed E-state index contributed by atoms with van der Waals surface area (Å²) in [6.07, 6.45) is 10.4. The van der Waals surface area contributed by atoms with E-state index in [9.17, 15) is 19.2 Å². The molecule has 4 aromatic rings. The molecule has 0 spiro atoms. The minimum Gasteiger partial charge on any atom is -0.385 e. The smallest absolute Gasteiger partial charge is 0.262 e. The van der Waals surface area contributed by atoms with Gasteiger partial charge >= 0.3 is 0 Å². The van der Waals surface area contributed by atoms with Gasteiger partial charge in [0.1, 0.15) is 6.04 Å². The predicted octanol–water partition coefficient (Wildman–Crippen LogP) is 3.17. The van der Waals surface area contributed by atoms with Crippen LogP contribution in [-0.4, -0.2) is 65.7 Å². The number of nitrogens with zero attached hydrogens (tertiary/aromatic N) is 6. The first kappa shape index (κ1) is 25.8. The summed E-state index contributed by atoms with van der Waals surface area (Å²) in [4.78, 5) is 55.7. The number of hydrogen-bond acceptors (Lipinski definition) is 8. The summed E-state index contributed by atoms with van der Waals surface area (Å²) in [5.41, 5.74) is 5.54. The standard InChI is InChI=1S/C31H30N8O4/c1-37-26-11-24(33-13-18(26)14-34-37)23-15-38(36-28(23)17-2-3-17)20-8-16(9-20)12-32-19-4-5-21-22(10-19)31(43)39(30(21)42)25-6-7-27(40)35-29(25)41/h4-5,10-11,13-17,20,25,32H,2-3,6-9,12H2,1H3,(H,35,40,41)/t16-,20-,25?. The summed E-state index contributed by atoms with van der Waals surface area (Å²) in [5, 5.41) is 16.1. The highest BCUT2D eigenvalue weighted by molar-refractivity contribution is 6.23. The Bertz CT molecular complexity index is 1850. The largest absolute Gasteiger partial charge is 0.385 e. The van der Waals surface area contributed by atoms with Gasteiger partial charge in [-0.2, -0.15) is 10.2 Å². The number of hydrogen-bond donors (Lipinski definition) is 2. The summed E-state index contributed by atoms with van der Waals surface area (Å²) < 4.78 is 3.99. The van der Waals surface area contributed by atoms with E-state index in [4.69, 9.17) is 10.1 Å². The lowest BCUT2D eigenvalue weighted by molar-refractivity contribution is -0.136. The molecule has 1 saturated heterocycles. The van der Waals surface area contributed by atoms with Gasteiger partial charge in [0.25, 0.3) is 11.8 Å². The number of imide groups is 2. The van der Waals surface area contributed by atoms with Crippen LogP contribution in [-0.2, 0) is 16.6 Å². The molecule has 2 N–H and O–H groups in total. The number of amides is 4. The van der Waals surface area contributed by atoms with E-state index in [0.29, 0.717) is 17.9 Å². The zero-order chi connectivity index (χ0) is 29.4. The van der Waals surface area contributed by atoms with Gasteiger partial charge in [-0.3, -0.25) is 43.7 Å². The van der Waals surface area contributed by atoms with Gasteiger partial charge in [0.15, 0.2) is 0 Å². The van der Waals surface area contributed by atoms with Gasteiger partial charge in [-0.15, -0.1) is 0 Å². The zero-order valence-electron chi connectivity index (χ0n) is 23.6. The molecule has 1 atom stereocenters. The van der Waals surface area contributed by atoms with Crippen molar-refractivity contribution in [2.24, 2.45) is 13.0 Å². The Kier molecular flexibility index (Phi) is 5.75. The first-order chi connectivity index (χ1) is 20.8. The average Bonchev–Trinajstić information content (AvgIpc) is 3.56. The molecule has 1 unspecified atom stereocenters. The summed E-state index contributed by atoms with van der Waals surface area (Å²) in [5.74, 6) is -1.06. The number of nitrogens with one attached hydrogen (secondary N) is 2. The maximum atomic E-state index is 13.1. The van der Waals surface area contributed by atoms with Crippen LogP contribution in [0.25, 0.3) is 22.2 Å². The Morgan fingerprint density at radius 1 is 0.977 bits per heavy atom. The normalized spacial score (nSPS) is 23.5. The van der Waals surface area contributed by atoms with E-state index in [1.807, 2.05) is 24.1 Å². The molecule has 43 heavy (non-hydrogen) atoms. The van der Waals surface area contributed by atoms with Crippen molar-refractivity contribution in [3.05, 3.63) is 59.7 Å². The highest BCUT2D eigenvalue weighted by Crippen LogP contribution is 2.46. The van der Waals surface area contributed by atoms with Crippen LogP contribution in [0.1, 0.15) is 76.9 Å². The lowest BCUT2D eigenvalue weighted by Gasteiger charge is -2.35. The molecular weight excluding hydrogens is 548 g/mol. The van der Waals surface area contributed by atoms with E-state index < -0.39 is 29.7 Å². The minimum atomic E-state index is -0.967. The number of rotatable bonds is 7. The predicted molar refractivity (Wildman–Crippen MR) is 155 cm³/mol. The van der Waals surface area contributed by atoms with Crippen LogP contribution in [0.5, 0.6) is 0 Å². The second-order valence-corrected chi connectivity index (χ2v) is 12.2. The zero-order valence-corrected chi connectivity index (χ0v) is 23.6. The molecule has 3 aromatic heterocycles. The molecule has 12 nitrogen and oxygen atoms in total. The summed E-state index contributed by atoms with van der Waals surface area (Å²) in [6, 6.07) is 6.56. The van der Waals surface area contributed by atoms with E-state index >= 15 is 0 Å². The summed E-state index contributed by atoms with van der Waals surface area (Å²) in [7, 11) is 1.94. The van der Waals surface area contributed by atoms with Crippen molar-refractivity contribution in [2.75, 3.05) is 11.9 Å². The maximum absolute atomic E-state index is 13.1. The third-order valence-corrected chi connectivity index (χ3v) is 9.25. The molecule has 0 radical (unpaired) electrons. The molecule has 4 amide bonds. The lowest BCUT2D eigenvalue weighted by Crippen LogP contribution is -2.54. The Morgan fingerprint density at radius 2 is 1.79 bits per heavy atom. The van der Waals surface area contributed by atoms with Gasteiger partial charge in [0.05, 0.1) is 40.3 Å². The van der Waals surface area contributed by atoms with E-state index in [1.54, 1.807) is 18.2 Å². The highest BCUT2D eigenvalue weighted by atomic mass is 16.2. The monoisotopic (exact) mass is 578 g/mol. The average molecular weight is 579 g/mol. The second kappa shape index (κ2) is 9.58. The fraction of sp³-hybridized carbons (Fsp3) is 0.387. The molecule has 0 bridgehead atoms. The fourth-order valence-electron chi connectivity index (χ4n) is 6.57. The van der Waals surface area contributed by atoms with E-state index in [0.717, 1.165) is 70.7 Å². The van der Waals surface area contributed by atoms with Gasteiger partial charge in [-0.05, 0) is 62.3 Å². The molecule has 1 aromatic carbocycles. The van der Waals surface area contributed by atoms with Gasteiger partial charge in [0.2, 0.25) is 11.8 Å². The van der Waals surface area contributed by atoms with Crippen LogP contribution >= 0.6 is 0 Å². The van der Waals surface area contributed by atoms with Crippen molar-refractivity contribution in [2.45, 2.75) is 56.5 Å². The lowest BCUT2D eigenvalue weighted by atomic mass is 9.80. The number of anilines is 1. The quantitative estimate of drug-likeness (QED) is 0.318. The third-order valence-electron chi connectivity index (χ3n) is 9.25. The first-order valence-electron chi connectivity index (χ1n) is 14.8. The fourth-order valence-corrected chi connectivity index (χ4v) is 6.57. The Morgan fingerprint density at radius 3 is 2.58 bits per heavy atom. The Balaban J connectivity index is 0.925. The molecule has 8 rings (SSSR count). The SMILES string of the molecule is Cn1ncc2cnc(-c3cn([C@H]4C[C@H](CNc5ccc6c(c5)C(=O)N(C5CCC(=O)NC5=O)C6=O)C4)nc3C3CC3)cc21. The molecule has 4 aliphatic rings. The minimum absolute atomic E-state index is 0.0959. The number of fused-ring (bicyclic) bond motifs is 2. The molecule has 2 aliphatic heterocycles. The second-order valence-electron chi connectivity index (χ2n) is 12.2. The molecule has 2 saturated carbocycles. The number of pyridine rings is 1. The van der Waals surface area contributed by atoms with Gasteiger partial charge < -0.3 is 5.32 Å². The Hall–Kier alpha value is -4.87. The van der Waals surface area contributed by atoms with Crippen LogP contribution in [0.15, 0.2) is 42.9 Å². The van der Waals surface area contributed by atoms with Crippen LogP contribution in [0.4, 0.5) is 5.69 Å². The van der Waals surface area contributed by atoms with E-state index in [-0.39, 0.29) is 24.0 Å². The molecular formula is C31H30N8O4. The Labute approximate surface area is 246 Å². The van der Waals surface area contributed by atoms with Crippen LogP contribution in [0.3, 0.4) is 0 Å². The van der Waals surface area contributed by atoms with Crippen LogP contribution in [0.2, 0.25) is 0 Å². The highest BCUT2D eigenvalue weighted by Gasteiger charge is 2.44. The van der Waals surface area contributed by atoms with Crippen molar-refractivity contribution >= 4 is 40.2 Å². The van der Waals surface area contributed by atoms with Gasteiger partial charge in [0, 0.05) is 55.0 Å². The molecule has 3 fully saturated rings. The van der Waals surface area contributed by atoms with Crippen LogP contribution in [0, 0.1) is 5.92 Å². The van der Waals surface area contributed by atoms with Crippen molar-refractivity contribution < 1.29 is 19.2 Å².